The Morgan fingerprint density at radius 3 is 2.21 bits per heavy atom. The van der Waals surface area contributed by atoms with Crippen LogP contribution >= 0.6 is 11.6 Å². The molecule has 0 heterocycles. The van der Waals surface area contributed by atoms with Crippen LogP contribution in [-0.2, 0) is 32.6 Å². The van der Waals surface area contributed by atoms with Crippen molar-refractivity contribution in [2.24, 2.45) is 0 Å². The smallest absolute Gasteiger partial charge is 0.264 e. The highest BCUT2D eigenvalue weighted by atomic mass is 35.5. The van der Waals surface area contributed by atoms with Crippen LogP contribution in [0, 0.1) is 6.92 Å². The van der Waals surface area contributed by atoms with Gasteiger partial charge in [-0.1, -0.05) is 78.7 Å². The van der Waals surface area contributed by atoms with E-state index < -0.39 is 28.5 Å². The molecule has 4 rings (SSSR count). The van der Waals surface area contributed by atoms with Crippen molar-refractivity contribution in [1.29, 1.82) is 0 Å². The van der Waals surface area contributed by atoms with E-state index >= 15 is 0 Å². The number of halogens is 1. The number of methoxy groups -OCH3 is 2. The normalized spacial score (nSPS) is 12.5. The molecule has 254 valence electrons. The van der Waals surface area contributed by atoms with Crippen LogP contribution < -0.4 is 19.1 Å². The van der Waals surface area contributed by atoms with E-state index in [0.717, 1.165) is 15.4 Å². The summed E-state index contributed by atoms with van der Waals surface area (Å²) >= 11 is 6.38. The van der Waals surface area contributed by atoms with Crippen LogP contribution in [0.1, 0.15) is 37.0 Å². The van der Waals surface area contributed by atoms with Gasteiger partial charge < -0.3 is 19.7 Å². The molecule has 0 radical (unpaired) electrons. The quantitative estimate of drug-likeness (QED) is 0.154. The van der Waals surface area contributed by atoms with Gasteiger partial charge >= 0.3 is 0 Å². The summed E-state index contributed by atoms with van der Waals surface area (Å²) in [4.78, 5) is 30.2. The molecule has 48 heavy (non-hydrogen) atoms. The van der Waals surface area contributed by atoms with Crippen molar-refractivity contribution in [2.45, 2.75) is 57.1 Å². The first-order chi connectivity index (χ1) is 23.0. The molecule has 9 nitrogen and oxygen atoms in total. The highest BCUT2D eigenvalue weighted by molar-refractivity contribution is 7.92. The van der Waals surface area contributed by atoms with E-state index in [1.165, 1.54) is 30.2 Å². The number of sulfonamides is 1. The summed E-state index contributed by atoms with van der Waals surface area (Å²) in [7, 11) is -1.37. The van der Waals surface area contributed by atoms with Gasteiger partial charge in [0.15, 0.2) is 0 Å². The van der Waals surface area contributed by atoms with Crippen molar-refractivity contribution in [3.63, 3.8) is 0 Å². The highest BCUT2D eigenvalue weighted by Gasteiger charge is 2.36. The van der Waals surface area contributed by atoms with Gasteiger partial charge in [0.25, 0.3) is 10.0 Å². The lowest BCUT2D eigenvalue weighted by Gasteiger charge is -2.34. The van der Waals surface area contributed by atoms with Gasteiger partial charge in [-0.3, -0.25) is 13.9 Å². The maximum absolute atomic E-state index is 14.7. The number of hydrogen-bond donors (Lipinski definition) is 1. The molecule has 0 saturated carbocycles. The van der Waals surface area contributed by atoms with Crippen molar-refractivity contribution >= 4 is 39.1 Å². The Hall–Kier alpha value is -4.54. The molecule has 0 bridgehead atoms. The number of amides is 2. The molecule has 0 fully saturated rings. The fourth-order valence-corrected chi connectivity index (χ4v) is 6.75. The average Bonchev–Trinajstić information content (AvgIpc) is 3.09. The molecule has 0 aromatic heterocycles. The Morgan fingerprint density at radius 2 is 1.56 bits per heavy atom. The maximum Gasteiger partial charge on any atom is 0.264 e. The standard InChI is InChI=1S/C37H42ClN3O6S/c1-6-27(3)39-37(43)34(22-28-11-8-7-9-12-28)40(24-29-13-10-14-31(21-29)46-4)36(42)25-41(33-23-30(38)17-20-35(33)47-5)48(44,45)32-18-15-26(2)16-19-32/h7-21,23,27,34H,6,22,24-25H2,1-5H3,(H,39,43)/t27-,34-/m0/s1. The first kappa shape index (κ1) is 36.3. The molecule has 0 spiro atoms. The van der Waals surface area contributed by atoms with Crippen molar-refractivity contribution in [1.82, 2.24) is 10.2 Å². The average molecular weight is 692 g/mol. The first-order valence-corrected chi connectivity index (χ1v) is 17.5. The van der Waals surface area contributed by atoms with E-state index in [0.29, 0.717) is 17.7 Å². The maximum atomic E-state index is 14.7. The van der Waals surface area contributed by atoms with Crippen molar-refractivity contribution < 1.29 is 27.5 Å². The van der Waals surface area contributed by atoms with Crippen LogP contribution in [0.15, 0.2) is 102 Å². The lowest BCUT2D eigenvalue weighted by Crippen LogP contribution is -2.54. The third-order valence-electron chi connectivity index (χ3n) is 8.06. The fraction of sp³-hybridized carbons (Fsp3) is 0.297. The zero-order valence-corrected chi connectivity index (χ0v) is 29.4. The highest BCUT2D eigenvalue weighted by Crippen LogP contribution is 2.35. The van der Waals surface area contributed by atoms with Crippen LogP contribution in [0.3, 0.4) is 0 Å². The van der Waals surface area contributed by atoms with Gasteiger partial charge in [-0.25, -0.2) is 8.42 Å². The Kier molecular flexibility index (Phi) is 12.5. The topological polar surface area (TPSA) is 105 Å². The largest absolute Gasteiger partial charge is 0.497 e. The van der Waals surface area contributed by atoms with Crippen LogP contribution in [0.25, 0.3) is 0 Å². The number of hydrogen-bond acceptors (Lipinski definition) is 6. The zero-order chi connectivity index (χ0) is 34.8. The van der Waals surface area contributed by atoms with Crippen LogP contribution in [0.5, 0.6) is 11.5 Å². The third-order valence-corrected chi connectivity index (χ3v) is 10.1. The number of carbonyl (C=O) groups is 2. The number of benzene rings is 4. The van der Waals surface area contributed by atoms with E-state index in [1.807, 2.05) is 57.2 Å². The van der Waals surface area contributed by atoms with Gasteiger partial charge in [-0.05, 0) is 73.9 Å². The molecule has 0 unspecified atom stereocenters. The molecule has 2 atom stereocenters. The minimum absolute atomic E-state index is 0.00651. The molecule has 0 saturated heterocycles. The second-order valence-corrected chi connectivity index (χ2v) is 13.8. The summed E-state index contributed by atoms with van der Waals surface area (Å²) in [5, 5.41) is 3.29. The molecule has 1 N–H and O–H groups in total. The monoisotopic (exact) mass is 691 g/mol. The molecule has 2 amide bonds. The second kappa shape index (κ2) is 16.5. The number of aryl methyl sites for hydroxylation is 1. The van der Waals surface area contributed by atoms with E-state index in [1.54, 1.807) is 49.6 Å². The number of rotatable bonds is 15. The van der Waals surface area contributed by atoms with E-state index in [-0.39, 0.29) is 46.3 Å². The lowest BCUT2D eigenvalue weighted by atomic mass is 10.0. The van der Waals surface area contributed by atoms with Crippen LogP contribution in [-0.4, -0.2) is 58.0 Å². The Morgan fingerprint density at radius 1 is 0.875 bits per heavy atom. The van der Waals surface area contributed by atoms with E-state index in [9.17, 15) is 18.0 Å². The minimum atomic E-state index is -4.33. The number of ether oxygens (including phenoxy) is 2. The van der Waals surface area contributed by atoms with Gasteiger partial charge in [0.1, 0.15) is 24.1 Å². The van der Waals surface area contributed by atoms with Gasteiger partial charge in [0.05, 0.1) is 24.8 Å². The molecule has 4 aromatic carbocycles. The summed E-state index contributed by atoms with van der Waals surface area (Å²) in [6.45, 7) is 5.08. The van der Waals surface area contributed by atoms with Crippen molar-refractivity contribution in [3.8, 4) is 11.5 Å². The van der Waals surface area contributed by atoms with Gasteiger partial charge in [-0.2, -0.15) is 0 Å². The van der Waals surface area contributed by atoms with E-state index in [2.05, 4.69) is 5.32 Å². The Bertz CT molecular complexity index is 1800. The zero-order valence-electron chi connectivity index (χ0n) is 27.9. The van der Waals surface area contributed by atoms with Crippen molar-refractivity contribution in [3.05, 3.63) is 119 Å². The molecule has 0 aliphatic rings. The number of nitrogens with one attached hydrogen (secondary N) is 1. The molecular weight excluding hydrogens is 650 g/mol. The van der Waals surface area contributed by atoms with E-state index in [4.69, 9.17) is 21.1 Å². The Labute approximate surface area is 288 Å². The molecule has 4 aromatic rings. The van der Waals surface area contributed by atoms with Crippen LogP contribution in [0.2, 0.25) is 5.02 Å². The number of anilines is 1. The van der Waals surface area contributed by atoms with Gasteiger partial charge in [0, 0.05) is 24.0 Å². The molecule has 0 aliphatic carbocycles. The predicted molar refractivity (Wildman–Crippen MR) is 189 cm³/mol. The lowest BCUT2D eigenvalue weighted by molar-refractivity contribution is -0.140. The molecule has 0 aliphatic heterocycles. The number of nitrogens with zero attached hydrogens (tertiary/aromatic N) is 2. The SMILES string of the molecule is CC[C@H](C)NC(=O)[C@H](Cc1ccccc1)N(Cc1cccc(OC)c1)C(=O)CN(c1cc(Cl)ccc1OC)S(=O)(=O)c1ccc(C)cc1. The molecule has 11 heteroatoms. The summed E-state index contributed by atoms with van der Waals surface area (Å²) in [6.07, 6.45) is 0.884. The van der Waals surface area contributed by atoms with Gasteiger partial charge in [0.2, 0.25) is 11.8 Å². The summed E-state index contributed by atoms with van der Waals surface area (Å²) in [5.41, 5.74) is 2.50. The van der Waals surface area contributed by atoms with Crippen LogP contribution in [0.4, 0.5) is 5.69 Å². The predicted octanol–water partition coefficient (Wildman–Crippen LogP) is 6.42. The van der Waals surface area contributed by atoms with Crippen molar-refractivity contribution in [2.75, 3.05) is 25.1 Å². The second-order valence-electron chi connectivity index (χ2n) is 11.5. The third kappa shape index (κ3) is 9.08. The fourth-order valence-electron chi connectivity index (χ4n) is 5.17. The van der Waals surface area contributed by atoms with Gasteiger partial charge in [-0.15, -0.1) is 0 Å². The summed E-state index contributed by atoms with van der Waals surface area (Å²) < 4.78 is 40.7. The summed E-state index contributed by atoms with van der Waals surface area (Å²) in [6, 6.07) is 26.4. The molecular formula is C37H42ClN3O6S. The first-order valence-electron chi connectivity index (χ1n) is 15.7. The minimum Gasteiger partial charge on any atom is -0.497 e. The Balaban J connectivity index is 1.87. The summed E-state index contributed by atoms with van der Waals surface area (Å²) in [5.74, 6) is -0.165. The number of carbonyl (C=O) groups excluding carboxylic acids is 2.